The highest BCUT2D eigenvalue weighted by atomic mass is 19.1. The molecule has 138 valence electrons. The lowest BCUT2D eigenvalue weighted by molar-refractivity contribution is 0.233. The molecule has 0 aliphatic carbocycles. The second-order valence-corrected chi connectivity index (χ2v) is 5.82. The maximum absolute atomic E-state index is 13.3. The number of benzene rings is 1. The van der Waals surface area contributed by atoms with Crippen LogP contribution in [0.3, 0.4) is 0 Å². The molecule has 27 heavy (non-hydrogen) atoms. The Hall–Kier alpha value is -3.32. The SMILES string of the molecule is Cc1ccc(C(=NCc2ccccn2)NO)c(OCc2cccc(F)c2)n1. The van der Waals surface area contributed by atoms with Crippen LogP contribution >= 0.6 is 0 Å². The highest BCUT2D eigenvalue weighted by molar-refractivity contribution is 6.00. The van der Waals surface area contributed by atoms with Gasteiger partial charge in [0.15, 0.2) is 5.84 Å². The molecule has 3 aromatic rings. The number of nitrogens with one attached hydrogen (secondary N) is 1. The quantitative estimate of drug-likeness (QED) is 0.397. The molecule has 0 spiro atoms. The number of nitrogens with zero attached hydrogens (tertiary/aromatic N) is 3. The number of hydrogen-bond donors (Lipinski definition) is 2. The van der Waals surface area contributed by atoms with Crippen molar-refractivity contribution in [3.63, 3.8) is 0 Å². The van der Waals surface area contributed by atoms with Crippen molar-refractivity contribution in [1.29, 1.82) is 0 Å². The zero-order valence-electron chi connectivity index (χ0n) is 14.8. The van der Waals surface area contributed by atoms with Crippen molar-refractivity contribution < 1.29 is 14.3 Å². The topological polar surface area (TPSA) is 79.6 Å². The average Bonchev–Trinajstić information content (AvgIpc) is 2.69. The first-order chi connectivity index (χ1) is 13.2. The summed E-state index contributed by atoms with van der Waals surface area (Å²) in [6, 6.07) is 15.2. The molecule has 0 radical (unpaired) electrons. The Kier molecular flexibility index (Phi) is 6.06. The summed E-state index contributed by atoms with van der Waals surface area (Å²) in [6.07, 6.45) is 1.68. The Balaban J connectivity index is 1.83. The predicted molar refractivity (Wildman–Crippen MR) is 99.1 cm³/mol. The minimum Gasteiger partial charge on any atom is -0.472 e. The van der Waals surface area contributed by atoms with Gasteiger partial charge in [0, 0.05) is 11.9 Å². The summed E-state index contributed by atoms with van der Waals surface area (Å²) >= 11 is 0. The Labute approximate surface area is 156 Å². The summed E-state index contributed by atoms with van der Waals surface area (Å²) in [5.74, 6) is 0.172. The summed E-state index contributed by atoms with van der Waals surface area (Å²) in [6.45, 7) is 2.25. The minimum atomic E-state index is -0.330. The summed E-state index contributed by atoms with van der Waals surface area (Å²) < 4.78 is 19.1. The van der Waals surface area contributed by atoms with Crippen LogP contribution in [0, 0.1) is 12.7 Å². The molecule has 3 rings (SSSR count). The van der Waals surface area contributed by atoms with Gasteiger partial charge in [0.2, 0.25) is 5.88 Å². The molecule has 2 aromatic heterocycles. The molecule has 0 saturated heterocycles. The average molecular weight is 366 g/mol. The molecule has 6 nitrogen and oxygen atoms in total. The van der Waals surface area contributed by atoms with Gasteiger partial charge < -0.3 is 4.74 Å². The number of aromatic nitrogens is 2. The molecule has 0 aliphatic heterocycles. The van der Waals surface area contributed by atoms with Crippen molar-refractivity contribution in [2.45, 2.75) is 20.1 Å². The number of ether oxygens (including phenoxy) is 1. The summed E-state index contributed by atoms with van der Waals surface area (Å²) in [7, 11) is 0. The Bertz CT molecular complexity index is 932. The largest absolute Gasteiger partial charge is 0.472 e. The van der Waals surface area contributed by atoms with Gasteiger partial charge in [-0.05, 0) is 48.9 Å². The van der Waals surface area contributed by atoms with Crippen LogP contribution in [0.25, 0.3) is 0 Å². The van der Waals surface area contributed by atoms with Crippen LogP contribution in [0.5, 0.6) is 5.88 Å². The molecule has 0 unspecified atom stereocenters. The Morgan fingerprint density at radius 2 is 2.07 bits per heavy atom. The van der Waals surface area contributed by atoms with Gasteiger partial charge in [0.05, 0.1) is 17.8 Å². The van der Waals surface area contributed by atoms with E-state index >= 15 is 0 Å². The third-order valence-electron chi connectivity index (χ3n) is 3.75. The number of aliphatic imine (C=N–C) groups is 1. The van der Waals surface area contributed by atoms with Crippen molar-refractivity contribution in [2.75, 3.05) is 0 Å². The molecule has 7 heteroatoms. The van der Waals surface area contributed by atoms with E-state index in [4.69, 9.17) is 4.74 Å². The van der Waals surface area contributed by atoms with Gasteiger partial charge in [0.25, 0.3) is 0 Å². The molecule has 1 aromatic carbocycles. The van der Waals surface area contributed by atoms with Crippen LogP contribution in [-0.2, 0) is 13.2 Å². The van der Waals surface area contributed by atoms with E-state index in [1.807, 2.05) is 25.1 Å². The minimum absolute atomic E-state index is 0.139. The van der Waals surface area contributed by atoms with Crippen molar-refractivity contribution in [2.24, 2.45) is 4.99 Å². The molecule has 2 N–H and O–H groups in total. The first kappa shape index (κ1) is 18.5. The van der Waals surface area contributed by atoms with Crippen molar-refractivity contribution in [1.82, 2.24) is 15.4 Å². The molecule has 0 fully saturated rings. The van der Waals surface area contributed by atoms with Crippen molar-refractivity contribution in [3.8, 4) is 5.88 Å². The number of halogens is 1. The zero-order chi connectivity index (χ0) is 19.1. The van der Waals surface area contributed by atoms with E-state index in [1.54, 1.807) is 30.5 Å². The molecular weight excluding hydrogens is 347 g/mol. The lowest BCUT2D eigenvalue weighted by atomic mass is 10.2. The van der Waals surface area contributed by atoms with E-state index in [-0.39, 0.29) is 24.8 Å². The van der Waals surface area contributed by atoms with Crippen LogP contribution in [0.15, 0.2) is 65.8 Å². The van der Waals surface area contributed by atoms with Gasteiger partial charge in [-0.2, -0.15) is 0 Å². The summed E-state index contributed by atoms with van der Waals surface area (Å²) in [5.41, 5.74) is 4.77. The lowest BCUT2D eigenvalue weighted by Gasteiger charge is -2.13. The molecule has 2 heterocycles. The maximum atomic E-state index is 13.3. The van der Waals surface area contributed by atoms with Crippen molar-refractivity contribution in [3.05, 3.63) is 89.1 Å². The highest BCUT2D eigenvalue weighted by Gasteiger charge is 2.13. The molecule has 0 atom stereocenters. The Morgan fingerprint density at radius 1 is 1.19 bits per heavy atom. The number of rotatable bonds is 6. The fraction of sp³-hybridized carbons (Fsp3) is 0.150. The first-order valence-electron chi connectivity index (χ1n) is 8.35. The third-order valence-corrected chi connectivity index (χ3v) is 3.75. The van der Waals surface area contributed by atoms with Gasteiger partial charge in [-0.15, -0.1) is 0 Å². The van der Waals surface area contributed by atoms with Gasteiger partial charge in [-0.1, -0.05) is 18.2 Å². The van der Waals surface area contributed by atoms with Crippen LogP contribution < -0.4 is 10.2 Å². The zero-order valence-corrected chi connectivity index (χ0v) is 14.8. The van der Waals surface area contributed by atoms with E-state index < -0.39 is 0 Å². The number of pyridine rings is 2. The highest BCUT2D eigenvalue weighted by Crippen LogP contribution is 2.19. The predicted octanol–water partition coefficient (Wildman–Crippen LogP) is 3.43. The van der Waals surface area contributed by atoms with Crippen LogP contribution in [0.2, 0.25) is 0 Å². The second-order valence-electron chi connectivity index (χ2n) is 5.82. The van der Waals surface area contributed by atoms with Gasteiger partial charge in [0.1, 0.15) is 12.4 Å². The van der Waals surface area contributed by atoms with Gasteiger partial charge in [-0.3, -0.25) is 20.7 Å². The van der Waals surface area contributed by atoms with Crippen LogP contribution in [0.4, 0.5) is 4.39 Å². The number of amidine groups is 1. The number of aryl methyl sites for hydroxylation is 1. The Morgan fingerprint density at radius 3 is 2.81 bits per heavy atom. The molecule has 0 bridgehead atoms. The third kappa shape index (κ3) is 5.08. The smallest absolute Gasteiger partial charge is 0.225 e. The van der Waals surface area contributed by atoms with Gasteiger partial charge in [-0.25, -0.2) is 9.37 Å². The fourth-order valence-corrected chi connectivity index (χ4v) is 2.43. The van der Waals surface area contributed by atoms with Crippen molar-refractivity contribution >= 4 is 5.84 Å². The summed E-state index contributed by atoms with van der Waals surface area (Å²) in [5, 5.41) is 9.54. The number of hydroxylamine groups is 1. The first-order valence-corrected chi connectivity index (χ1v) is 8.35. The van der Waals surface area contributed by atoms with E-state index in [9.17, 15) is 9.60 Å². The monoisotopic (exact) mass is 366 g/mol. The van der Waals surface area contributed by atoms with Crippen LogP contribution in [-0.4, -0.2) is 21.0 Å². The van der Waals surface area contributed by atoms with E-state index in [0.717, 1.165) is 11.4 Å². The molecular formula is C20H19FN4O2. The molecule has 0 amide bonds. The normalized spacial score (nSPS) is 11.3. The fourth-order valence-electron chi connectivity index (χ4n) is 2.43. The van der Waals surface area contributed by atoms with E-state index in [0.29, 0.717) is 17.0 Å². The number of hydrogen-bond acceptors (Lipinski definition) is 5. The molecule has 0 saturated carbocycles. The van der Waals surface area contributed by atoms with Gasteiger partial charge >= 0.3 is 0 Å². The standard InChI is InChI=1S/C20H19FN4O2/c1-14-8-9-18(19(25-26)23-12-17-7-2-3-10-22-17)20(24-14)27-13-15-5-4-6-16(21)11-15/h2-11,26H,12-13H2,1H3,(H,23,25). The van der Waals surface area contributed by atoms with Crippen LogP contribution in [0.1, 0.15) is 22.5 Å². The lowest BCUT2D eigenvalue weighted by Crippen LogP contribution is -2.22. The second kappa shape index (κ2) is 8.86. The maximum Gasteiger partial charge on any atom is 0.225 e. The van der Waals surface area contributed by atoms with E-state index in [1.165, 1.54) is 12.1 Å². The molecule has 0 aliphatic rings. The summed E-state index contributed by atoms with van der Waals surface area (Å²) in [4.78, 5) is 12.9. The van der Waals surface area contributed by atoms with E-state index in [2.05, 4.69) is 20.4 Å².